The molecule has 0 spiro atoms. The molecular formula is C14H11Cl3N2S. The maximum absolute atomic E-state index is 6.07. The molecule has 0 saturated carbocycles. The van der Waals surface area contributed by atoms with Crippen LogP contribution >= 0.6 is 47.0 Å². The topological polar surface area (TPSA) is 24.1 Å². The molecule has 20 heavy (non-hydrogen) atoms. The highest BCUT2D eigenvalue weighted by Crippen LogP contribution is 2.26. The van der Waals surface area contributed by atoms with Crippen LogP contribution in [-0.4, -0.2) is 5.11 Å². The molecule has 0 bridgehead atoms. The highest BCUT2D eigenvalue weighted by molar-refractivity contribution is 7.80. The van der Waals surface area contributed by atoms with Gasteiger partial charge in [0.2, 0.25) is 0 Å². The minimum atomic E-state index is 0.416. The summed E-state index contributed by atoms with van der Waals surface area (Å²) in [5.41, 5.74) is 2.53. The molecule has 0 unspecified atom stereocenters. The third-order valence-corrected chi connectivity index (χ3v) is 3.63. The number of nitrogens with one attached hydrogen (secondary N) is 2. The van der Waals surface area contributed by atoms with Gasteiger partial charge >= 0.3 is 0 Å². The molecule has 0 fully saturated rings. The number of rotatable bonds is 2. The third kappa shape index (κ3) is 4.00. The van der Waals surface area contributed by atoms with Crippen molar-refractivity contribution in [3.63, 3.8) is 0 Å². The van der Waals surface area contributed by atoms with E-state index >= 15 is 0 Å². The van der Waals surface area contributed by atoms with E-state index in [1.165, 1.54) is 0 Å². The smallest absolute Gasteiger partial charge is 0.175 e. The predicted molar refractivity (Wildman–Crippen MR) is 92.5 cm³/mol. The van der Waals surface area contributed by atoms with Crippen LogP contribution < -0.4 is 10.6 Å². The second-order valence-electron chi connectivity index (χ2n) is 4.16. The van der Waals surface area contributed by atoms with Gasteiger partial charge in [0, 0.05) is 15.7 Å². The van der Waals surface area contributed by atoms with E-state index in [1.807, 2.05) is 25.1 Å². The summed E-state index contributed by atoms with van der Waals surface area (Å²) in [5, 5.41) is 8.27. The highest BCUT2D eigenvalue weighted by atomic mass is 35.5. The van der Waals surface area contributed by atoms with Crippen molar-refractivity contribution in [1.82, 2.24) is 0 Å². The first-order chi connectivity index (χ1) is 9.45. The molecule has 0 atom stereocenters. The largest absolute Gasteiger partial charge is 0.332 e. The van der Waals surface area contributed by atoms with Crippen LogP contribution in [0.4, 0.5) is 11.4 Å². The molecule has 2 aromatic rings. The van der Waals surface area contributed by atoms with E-state index in [0.717, 1.165) is 11.3 Å². The summed E-state index contributed by atoms with van der Waals surface area (Å²) >= 11 is 23.2. The molecule has 2 nitrogen and oxygen atoms in total. The van der Waals surface area contributed by atoms with Crippen molar-refractivity contribution in [2.45, 2.75) is 6.92 Å². The molecule has 0 saturated heterocycles. The maximum atomic E-state index is 6.07. The van der Waals surface area contributed by atoms with Gasteiger partial charge in [0.15, 0.2) is 5.11 Å². The zero-order chi connectivity index (χ0) is 14.7. The van der Waals surface area contributed by atoms with Crippen LogP contribution in [0.15, 0.2) is 36.4 Å². The van der Waals surface area contributed by atoms with Crippen LogP contribution in [-0.2, 0) is 0 Å². The molecule has 0 aromatic heterocycles. The average Bonchev–Trinajstić information content (AvgIpc) is 2.38. The van der Waals surface area contributed by atoms with Crippen LogP contribution in [0.5, 0.6) is 0 Å². The van der Waals surface area contributed by atoms with Gasteiger partial charge < -0.3 is 10.6 Å². The maximum Gasteiger partial charge on any atom is 0.175 e. The normalized spacial score (nSPS) is 10.2. The monoisotopic (exact) mass is 344 g/mol. The lowest BCUT2D eigenvalue weighted by Crippen LogP contribution is -2.19. The van der Waals surface area contributed by atoms with Crippen LogP contribution in [0.2, 0.25) is 15.1 Å². The van der Waals surface area contributed by atoms with E-state index in [0.29, 0.717) is 25.9 Å². The fraction of sp³-hybridized carbons (Fsp3) is 0.0714. The SMILES string of the molecule is Cc1ccc(Cl)cc1NC(=S)Nc1cc(Cl)ccc1Cl. The number of aryl methyl sites for hydroxylation is 1. The van der Waals surface area contributed by atoms with E-state index in [1.54, 1.807) is 18.2 Å². The summed E-state index contributed by atoms with van der Waals surface area (Å²) in [4.78, 5) is 0. The van der Waals surface area contributed by atoms with Gasteiger partial charge in [0.05, 0.1) is 10.7 Å². The molecule has 2 N–H and O–H groups in total. The van der Waals surface area contributed by atoms with Crippen molar-refractivity contribution < 1.29 is 0 Å². The number of hydrogen-bond donors (Lipinski definition) is 2. The Balaban J connectivity index is 2.13. The Morgan fingerprint density at radius 3 is 2.15 bits per heavy atom. The number of benzene rings is 2. The summed E-state index contributed by atoms with van der Waals surface area (Å²) in [6, 6.07) is 10.7. The van der Waals surface area contributed by atoms with Crippen LogP contribution in [0, 0.1) is 6.92 Å². The quantitative estimate of drug-likeness (QED) is 0.676. The molecule has 0 aliphatic heterocycles. The predicted octanol–water partition coefficient (Wildman–Crippen LogP) is 5.76. The van der Waals surface area contributed by atoms with Crippen molar-refractivity contribution in [3.05, 3.63) is 57.0 Å². The van der Waals surface area contributed by atoms with Gasteiger partial charge in [-0.25, -0.2) is 0 Å². The molecule has 0 aliphatic carbocycles. The van der Waals surface area contributed by atoms with Crippen LogP contribution in [0.1, 0.15) is 5.56 Å². The van der Waals surface area contributed by atoms with Gasteiger partial charge in [-0.3, -0.25) is 0 Å². The standard InChI is InChI=1S/C14H11Cl3N2S/c1-8-2-3-9(15)6-12(8)18-14(20)19-13-7-10(16)4-5-11(13)17/h2-7H,1H3,(H2,18,19,20). The second kappa shape index (κ2) is 6.64. The van der Waals surface area contributed by atoms with Crippen molar-refractivity contribution >= 4 is 63.5 Å². The van der Waals surface area contributed by atoms with E-state index in [-0.39, 0.29) is 0 Å². The molecule has 2 aromatic carbocycles. The Morgan fingerprint density at radius 2 is 1.45 bits per heavy atom. The Morgan fingerprint density at radius 1 is 0.900 bits per heavy atom. The fourth-order valence-electron chi connectivity index (χ4n) is 1.60. The van der Waals surface area contributed by atoms with Crippen molar-refractivity contribution in [2.24, 2.45) is 0 Å². The van der Waals surface area contributed by atoms with Crippen LogP contribution in [0.3, 0.4) is 0 Å². The molecule has 0 heterocycles. The lowest BCUT2D eigenvalue weighted by atomic mass is 10.2. The minimum Gasteiger partial charge on any atom is -0.332 e. The first-order valence-electron chi connectivity index (χ1n) is 5.75. The van der Waals surface area contributed by atoms with Gasteiger partial charge in [-0.05, 0) is 55.0 Å². The Bertz CT molecular complexity index is 603. The Kier molecular flexibility index (Phi) is 5.11. The van der Waals surface area contributed by atoms with Gasteiger partial charge in [-0.1, -0.05) is 40.9 Å². The second-order valence-corrected chi connectivity index (χ2v) is 5.85. The first-order valence-corrected chi connectivity index (χ1v) is 7.29. The van der Waals surface area contributed by atoms with E-state index in [9.17, 15) is 0 Å². The molecular weight excluding hydrogens is 335 g/mol. The number of anilines is 2. The Labute approximate surface area is 138 Å². The molecule has 6 heteroatoms. The highest BCUT2D eigenvalue weighted by Gasteiger charge is 2.06. The summed E-state index contributed by atoms with van der Waals surface area (Å²) < 4.78 is 0. The van der Waals surface area contributed by atoms with Gasteiger partial charge in [0.1, 0.15) is 0 Å². The lowest BCUT2D eigenvalue weighted by Gasteiger charge is -2.14. The van der Waals surface area contributed by atoms with Gasteiger partial charge in [-0.15, -0.1) is 0 Å². The molecule has 104 valence electrons. The third-order valence-electron chi connectivity index (χ3n) is 2.62. The Hall–Kier alpha value is -1.000. The fourth-order valence-corrected chi connectivity index (χ4v) is 2.33. The number of halogens is 3. The van der Waals surface area contributed by atoms with Crippen molar-refractivity contribution in [1.29, 1.82) is 0 Å². The van der Waals surface area contributed by atoms with E-state index < -0.39 is 0 Å². The minimum absolute atomic E-state index is 0.416. The first kappa shape index (κ1) is 15.4. The average molecular weight is 346 g/mol. The summed E-state index contributed by atoms with van der Waals surface area (Å²) in [7, 11) is 0. The van der Waals surface area contributed by atoms with Crippen LogP contribution in [0.25, 0.3) is 0 Å². The van der Waals surface area contributed by atoms with Crippen molar-refractivity contribution in [3.8, 4) is 0 Å². The van der Waals surface area contributed by atoms with Gasteiger partial charge in [-0.2, -0.15) is 0 Å². The zero-order valence-electron chi connectivity index (χ0n) is 10.5. The van der Waals surface area contributed by atoms with Gasteiger partial charge in [0.25, 0.3) is 0 Å². The lowest BCUT2D eigenvalue weighted by molar-refractivity contribution is 1.45. The van der Waals surface area contributed by atoms with E-state index in [4.69, 9.17) is 47.0 Å². The molecule has 0 aliphatic rings. The summed E-state index contributed by atoms with van der Waals surface area (Å²) in [6.45, 7) is 1.97. The molecule has 0 radical (unpaired) electrons. The summed E-state index contributed by atoms with van der Waals surface area (Å²) in [5.74, 6) is 0. The molecule has 2 rings (SSSR count). The summed E-state index contributed by atoms with van der Waals surface area (Å²) in [6.07, 6.45) is 0. The zero-order valence-corrected chi connectivity index (χ0v) is 13.6. The molecule has 0 amide bonds. The van der Waals surface area contributed by atoms with E-state index in [2.05, 4.69) is 10.6 Å². The number of hydrogen-bond acceptors (Lipinski definition) is 1. The number of thiocarbonyl (C=S) groups is 1. The van der Waals surface area contributed by atoms with Crippen molar-refractivity contribution in [2.75, 3.05) is 10.6 Å².